The molecule has 0 saturated carbocycles. The van der Waals surface area contributed by atoms with E-state index in [9.17, 15) is 4.79 Å². The van der Waals surface area contributed by atoms with Crippen LogP contribution in [0.5, 0.6) is 0 Å². The van der Waals surface area contributed by atoms with Gasteiger partial charge in [0, 0.05) is 5.56 Å². The largest absolute Gasteiger partial charge is 0.306 e. The maximum atomic E-state index is 11.5. The quantitative estimate of drug-likeness (QED) is 0.843. The van der Waals surface area contributed by atoms with E-state index in [1.54, 1.807) is 10.7 Å². The Kier molecular flexibility index (Phi) is 2.19. The summed E-state index contributed by atoms with van der Waals surface area (Å²) in [4.78, 5) is 14.3. The summed E-state index contributed by atoms with van der Waals surface area (Å²) in [7, 11) is 0. The lowest BCUT2D eigenvalue weighted by molar-refractivity contribution is 0.827. The van der Waals surface area contributed by atoms with Crippen LogP contribution in [-0.4, -0.2) is 14.6 Å². The van der Waals surface area contributed by atoms with Crippen molar-refractivity contribution in [1.82, 2.24) is 14.6 Å². The number of halogens is 1. The van der Waals surface area contributed by atoms with E-state index in [-0.39, 0.29) is 5.56 Å². The topological polar surface area (TPSA) is 50.2 Å². The third-order valence-electron chi connectivity index (χ3n) is 2.32. The molecular formula is C9H10BrN3O. The first-order chi connectivity index (χ1) is 6.65. The van der Waals surface area contributed by atoms with E-state index in [4.69, 9.17) is 0 Å². The summed E-state index contributed by atoms with van der Waals surface area (Å²) in [5.74, 6) is 0. The fraction of sp³-hybridized carbons (Fsp3) is 0.333. The van der Waals surface area contributed by atoms with Crippen LogP contribution in [-0.2, 0) is 6.42 Å². The van der Waals surface area contributed by atoms with Crippen molar-refractivity contribution in [2.75, 3.05) is 0 Å². The molecule has 14 heavy (non-hydrogen) atoms. The molecule has 0 aliphatic heterocycles. The normalized spacial score (nSPS) is 11.1. The Bertz CT molecular complexity index is 541. The molecule has 0 atom stereocenters. The van der Waals surface area contributed by atoms with E-state index >= 15 is 0 Å². The van der Waals surface area contributed by atoms with Gasteiger partial charge in [0.2, 0.25) is 0 Å². The molecule has 0 aromatic carbocycles. The van der Waals surface area contributed by atoms with Crippen molar-refractivity contribution in [1.29, 1.82) is 0 Å². The Balaban J connectivity index is 2.98. The molecule has 0 aliphatic rings. The Hall–Kier alpha value is -1.10. The summed E-state index contributed by atoms with van der Waals surface area (Å²) >= 11 is 3.34. The highest BCUT2D eigenvalue weighted by atomic mass is 79.9. The summed E-state index contributed by atoms with van der Waals surface area (Å²) in [5.41, 5.74) is 2.36. The maximum absolute atomic E-state index is 11.5. The zero-order valence-electron chi connectivity index (χ0n) is 7.97. The minimum Gasteiger partial charge on any atom is -0.306 e. The molecule has 5 heteroatoms. The van der Waals surface area contributed by atoms with Gasteiger partial charge in [-0.05, 0) is 29.3 Å². The third-order valence-corrected chi connectivity index (χ3v) is 2.90. The van der Waals surface area contributed by atoms with Gasteiger partial charge in [-0.2, -0.15) is 5.10 Å². The van der Waals surface area contributed by atoms with Gasteiger partial charge < -0.3 is 4.98 Å². The minimum atomic E-state index is -0.0458. The van der Waals surface area contributed by atoms with Gasteiger partial charge in [0.25, 0.3) is 5.56 Å². The van der Waals surface area contributed by atoms with Gasteiger partial charge >= 0.3 is 0 Å². The molecule has 0 fully saturated rings. The maximum Gasteiger partial charge on any atom is 0.254 e. The molecule has 0 bridgehead atoms. The summed E-state index contributed by atoms with van der Waals surface area (Å²) in [6.45, 7) is 3.82. The van der Waals surface area contributed by atoms with Crippen molar-refractivity contribution in [2.45, 2.75) is 20.3 Å². The van der Waals surface area contributed by atoms with Crippen LogP contribution >= 0.6 is 15.9 Å². The molecule has 2 aromatic heterocycles. The number of nitrogens with one attached hydrogen (secondary N) is 1. The second-order valence-corrected chi connectivity index (χ2v) is 3.99. The number of aryl methyl sites for hydroxylation is 1. The smallest absolute Gasteiger partial charge is 0.254 e. The van der Waals surface area contributed by atoms with E-state index in [1.807, 2.05) is 13.8 Å². The predicted octanol–water partition coefficient (Wildman–Crippen LogP) is 1.66. The first-order valence-corrected chi connectivity index (χ1v) is 5.19. The second kappa shape index (κ2) is 3.24. The van der Waals surface area contributed by atoms with Crippen molar-refractivity contribution >= 4 is 21.6 Å². The first-order valence-electron chi connectivity index (χ1n) is 4.40. The number of aromatic nitrogens is 3. The van der Waals surface area contributed by atoms with Crippen LogP contribution in [0, 0.1) is 6.92 Å². The standard InChI is InChI=1S/C9H10BrN3O/c1-3-7-5(2)9(14)12-8-6(10)4-11-13(7)8/h4H,3H2,1-2H3,(H,12,14). The number of fused-ring (bicyclic) bond motifs is 1. The summed E-state index contributed by atoms with van der Waals surface area (Å²) < 4.78 is 2.57. The molecule has 74 valence electrons. The molecule has 0 aliphatic carbocycles. The molecule has 0 radical (unpaired) electrons. The minimum absolute atomic E-state index is 0.0458. The molecule has 1 N–H and O–H groups in total. The van der Waals surface area contributed by atoms with Crippen LogP contribution in [0.2, 0.25) is 0 Å². The predicted molar refractivity (Wildman–Crippen MR) is 57.6 cm³/mol. The molecule has 2 rings (SSSR count). The second-order valence-electron chi connectivity index (χ2n) is 3.13. The van der Waals surface area contributed by atoms with E-state index in [1.165, 1.54) is 0 Å². The van der Waals surface area contributed by atoms with Gasteiger partial charge in [0.15, 0.2) is 5.65 Å². The molecule has 0 saturated heterocycles. The van der Waals surface area contributed by atoms with Crippen molar-refractivity contribution < 1.29 is 0 Å². The highest BCUT2D eigenvalue weighted by Gasteiger charge is 2.10. The van der Waals surface area contributed by atoms with Crippen molar-refractivity contribution in [3.8, 4) is 0 Å². The van der Waals surface area contributed by atoms with Crippen molar-refractivity contribution in [3.05, 3.63) is 32.3 Å². The van der Waals surface area contributed by atoms with Crippen LogP contribution in [0.25, 0.3) is 5.65 Å². The van der Waals surface area contributed by atoms with Crippen molar-refractivity contribution in [3.63, 3.8) is 0 Å². The lowest BCUT2D eigenvalue weighted by Gasteiger charge is -2.04. The fourth-order valence-corrected chi connectivity index (χ4v) is 1.91. The van der Waals surface area contributed by atoms with Crippen LogP contribution in [0.4, 0.5) is 0 Å². The highest BCUT2D eigenvalue weighted by Crippen LogP contribution is 2.16. The van der Waals surface area contributed by atoms with Crippen LogP contribution < -0.4 is 5.56 Å². The molecule has 0 amide bonds. The number of nitrogens with zero attached hydrogens (tertiary/aromatic N) is 2. The van der Waals surface area contributed by atoms with Gasteiger partial charge in [-0.1, -0.05) is 6.92 Å². The third kappa shape index (κ3) is 1.19. The number of H-pyrrole nitrogens is 1. The zero-order valence-corrected chi connectivity index (χ0v) is 9.55. The van der Waals surface area contributed by atoms with E-state index < -0.39 is 0 Å². The molecule has 0 unspecified atom stereocenters. The van der Waals surface area contributed by atoms with Gasteiger partial charge in [-0.25, -0.2) is 4.52 Å². The van der Waals surface area contributed by atoms with E-state index in [0.717, 1.165) is 27.8 Å². The molecule has 2 heterocycles. The van der Waals surface area contributed by atoms with Crippen LogP contribution in [0.3, 0.4) is 0 Å². The molecule has 0 spiro atoms. The van der Waals surface area contributed by atoms with Crippen LogP contribution in [0.1, 0.15) is 18.2 Å². The van der Waals surface area contributed by atoms with Gasteiger partial charge in [-0.15, -0.1) is 0 Å². The molecule has 2 aromatic rings. The van der Waals surface area contributed by atoms with E-state index in [2.05, 4.69) is 26.0 Å². The highest BCUT2D eigenvalue weighted by molar-refractivity contribution is 9.10. The average molecular weight is 256 g/mol. The fourth-order valence-electron chi connectivity index (χ4n) is 1.55. The van der Waals surface area contributed by atoms with Crippen LogP contribution in [0.15, 0.2) is 15.5 Å². The Morgan fingerprint density at radius 2 is 2.36 bits per heavy atom. The summed E-state index contributed by atoms with van der Waals surface area (Å²) in [6, 6.07) is 0. The van der Waals surface area contributed by atoms with E-state index in [0.29, 0.717) is 0 Å². The Morgan fingerprint density at radius 1 is 1.64 bits per heavy atom. The van der Waals surface area contributed by atoms with Gasteiger partial charge in [0.05, 0.1) is 16.4 Å². The van der Waals surface area contributed by atoms with Gasteiger partial charge in [-0.3, -0.25) is 4.79 Å². The summed E-state index contributed by atoms with van der Waals surface area (Å²) in [5, 5.41) is 4.19. The monoisotopic (exact) mass is 255 g/mol. The Labute approximate surface area is 89.1 Å². The lowest BCUT2D eigenvalue weighted by Crippen LogP contribution is -2.16. The summed E-state index contributed by atoms with van der Waals surface area (Å²) in [6.07, 6.45) is 2.48. The number of hydrogen-bond acceptors (Lipinski definition) is 2. The zero-order chi connectivity index (χ0) is 10.3. The van der Waals surface area contributed by atoms with Gasteiger partial charge in [0.1, 0.15) is 0 Å². The van der Waals surface area contributed by atoms with Crippen molar-refractivity contribution in [2.24, 2.45) is 0 Å². The average Bonchev–Trinajstić information content (AvgIpc) is 2.51. The Morgan fingerprint density at radius 3 is 3.00 bits per heavy atom. The first kappa shape index (κ1) is 9.45. The lowest BCUT2D eigenvalue weighted by atomic mass is 10.2. The molecular weight excluding hydrogens is 246 g/mol. The number of aromatic amines is 1. The number of hydrogen-bond donors (Lipinski definition) is 1. The molecule has 4 nitrogen and oxygen atoms in total. The number of rotatable bonds is 1. The SMILES string of the molecule is CCc1c(C)c(=O)[nH]c2c(Br)cnn12.